The van der Waals surface area contributed by atoms with E-state index >= 15 is 0 Å². The van der Waals surface area contributed by atoms with Crippen molar-refractivity contribution in [2.75, 3.05) is 6.54 Å². The van der Waals surface area contributed by atoms with Gasteiger partial charge in [-0.3, -0.25) is 0 Å². The molecule has 0 saturated heterocycles. The van der Waals surface area contributed by atoms with Crippen molar-refractivity contribution < 1.29 is 0 Å². The van der Waals surface area contributed by atoms with E-state index in [-0.39, 0.29) is 0 Å². The standard InChI is InChI=1S/C6H12INS/c1-3-5(9)6(7)8-4-2/h8-9H,3-4H2,1-2H3/b6-5+. The second-order valence-corrected chi connectivity index (χ2v) is 3.26. The fraction of sp³-hybridized carbons (Fsp3) is 0.667. The molecule has 0 aliphatic heterocycles. The topological polar surface area (TPSA) is 12.0 Å². The van der Waals surface area contributed by atoms with Crippen LogP contribution in [0.4, 0.5) is 0 Å². The van der Waals surface area contributed by atoms with Crippen molar-refractivity contribution in [3.05, 3.63) is 8.61 Å². The lowest BCUT2D eigenvalue weighted by Crippen LogP contribution is -2.07. The Bertz CT molecular complexity index is 112. The number of hydrogen-bond donors (Lipinski definition) is 2. The summed E-state index contributed by atoms with van der Waals surface area (Å²) in [5, 5.41) is 3.19. The van der Waals surface area contributed by atoms with Crippen LogP contribution in [0.15, 0.2) is 8.61 Å². The molecule has 0 bridgehead atoms. The van der Waals surface area contributed by atoms with E-state index in [1.54, 1.807) is 0 Å². The van der Waals surface area contributed by atoms with Gasteiger partial charge in [-0.25, -0.2) is 0 Å². The van der Waals surface area contributed by atoms with Gasteiger partial charge < -0.3 is 5.32 Å². The molecule has 3 heteroatoms. The van der Waals surface area contributed by atoms with Gasteiger partial charge in [0.1, 0.15) is 0 Å². The van der Waals surface area contributed by atoms with Gasteiger partial charge in [0.05, 0.1) is 3.70 Å². The van der Waals surface area contributed by atoms with Gasteiger partial charge in [0.15, 0.2) is 0 Å². The van der Waals surface area contributed by atoms with Crippen LogP contribution in [0.1, 0.15) is 20.3 Å². The number of allylic oxidation sites excluding steroid dienone is 1. The van der Waals surface area contributed by atoms with E-state index in [2.05, 4.69) is 54.4 Å². The summed E-state index contributed by atoms with van der Waals surface area (Å²) in [4.78, 5) is 1.14. The van der Waals surface area contributed by atoms with Gasteiger partial charge in [-0.15, -0.1) is 12.6 Å². The molecule has 54 valence electrons. The van der Waals surface area contributed by atoms with Gasteiger partial charge in [-0.05, 0) is 35.9 Å². The molecule has 0 saturated carbocycles. The Morgan fingerprint density at radius 1 is 1.56 bits per heavy atom. The molecule has 0 radical (unpaired) electrons. The molecule has 0 rings (SSSR count). The van der Waals surface area contributed by atoms with Crippen LogP contribution >= 0.6 is 35.2 Å². The molecular weight excluding hydrogens is 245 g/mol. The number of thiol groups is 1. The Kier molecular flexibility index (Phi) is 5.78. The highest BCUT2D eigenvalue weighted by molar-refractivity contribution is 14.1. The van der Waals surface area contributed by atoms with Crippen LogP contribution in [0.25, 0.3) is 0 Å². The molecule has 0 amide bonds. The van der Waals surface area contributed by atoms with Crippen molar-refractivity contribution in [3.8, 4) is 0 Å². The molecule has 0 aliphatic carbocycles. The summed E-state index contributed by atoms with van der Waals surface area (Å²) in [6.07, 6.45) is 1.01. The van der Waals surface area contributed by atoms with Crippen LogP contribution < -0.4 is 5.32 Å². The van der Waals surface area contributed by atoms with Gasteiger partial charge in [0.2, 0.25) is 0 Å². The first-order valence-electron chi connectivity index (χ1n) is 3.03. The number of nitrogens with one attached hydrogen (secondary N) is 1. The van der Waals surface area contributed by atoms with E-state index in [4.69, 9.17) is 0 Å². The van der Waals surface area contributed by atoms with Gasteiger partial charge in [-0.1, -0.05) is 6.92 Å². The predicted octanol–water partition coefficient (Wildman–Crippen LogP) is 2.54. The summed E-state index contributed by atoms with van der Waals surface area (Å²) in [5.74, 6) is 0. The van der Waals surface area contributed by atoms with Crippen molar-refractivity contribution in [2.45, 2.75) is 20.3 Å². The molecule has 0 aromatic heterocycles. The highest BCUT2D eigenvalue weighted by Crippen LogP contribution is 2.15. The fourth-order valence-electron chi connectivity index (χ4n) is 0.412. The van der Waals surface area contributed by atoms with Gasteiger partial charge in [0.25, 0.3) is 0 Å². The molecule has 0 atom stereocenters. The van der Waals surface area contributed by atoms with E-state index in [0.29, 0.717) is 0 Å². The maximum Gasteiger partial charge on any atom is 0.0825 e. The number of halogens is 1. The first-order chi connectivity index (χ1) is 4.22. The smallest absolute Gasteiger partial charge is 0.0825 e. The van der Waals surface area contributed by atoms with Crippen molar-refractivity contribution in [1.29, 1.82) is 0 Å². The first kappa shape index (κ1) is 9.62. The van der Waals surface area contributed by atoms with E-state index in [9.17, 15) is 0 Å². The minimum absolute atomic E-state index is 0.975. The Balaban J connectivity index is 3.78. The molecule has 0 aliphatic rings. The highest BCUT2D eigenvalue weighted by Gasteiger charge is 1.92. The summed E-state index contributed by atoms with van der Waals surface area (Å²) in [5.41, 5.74) is 0. The maximum absolute atomic E-state index is 4.27. The molecular formula is C6H12INS. The SMILES string of the molecule is CCN/C(I)=C(/S)CC. The normalized spacial score (nSPS) is 12.9. The van der Waals surface area contributed by atoms with E-state index < -0.39 is 0 Å². The van der Waals surface area contributed by atoms with Gasteiger partial charge >= 0.3 is 0 Å². The zero-order chi connectivity index (χ0) is 7.28. The molecule has 0 unspecified atom stereocenters. The van der Waals surface area contributed by atoms with E-state index in [1.165, 1.54) is 3.70 Å². The second kappa shape index (κ2) is 5.41. The van der Waals surface area contributed by atoms with E-state index in [1.807, 2.05) is 0 Å². The fourth-order valence-corrected chi connectivity index (χ4v) is 1.25. The average Bonchev–Trinajstić information content (AvgIpc) is 1.87. The molecule has 1 nitrogen and oxygen atoms in total. The largest absolute Gasteiger partial charge is 0.380 e. The molecule has 0 heterocycles. The molecule has 1 N–H and O–H groups in total. The average molecular weight is 257 g/mol. The zero-order valence-electron chi connectivity index (χ0n) is 5.74. The number of rotatable bonds is 3. The second-order valence-electron chi connectivity index (χ2n) is 1.64. The van der Waals surface area contributed by atoms with Crippen molar-refractivity contribution >= 4 is 35.2 Å². The minimum Gasteiger partial charge on any atom is -0.380 e. The third-order valence-electron chi connectivity index (χ3n) is 0.920. The summed E-state index contributed by atoms with van der Waals surface area (Å²) in [6.45, 7) is 5.15. The summed E-state index contributed by atoms with van der Waals surface area (Å²) in [7, 11) is 0. The van der Waals surface area contributed by atoms with Crippen LogP contribution in [0.5, 0.6) is 0 Å². The monoisotopic (exact) mass is 257 g/mol. The van der Waals surface area contributed by atoms with Gasteiger partial charge in [-0.2, -0.15) is 0 Å². The van der Waals surface area contributed by atoms with Crippen LogP contribution in [-0.2, 0) is 0 Å². The van der Waals surface area contributed by atoms with Crippen molar-refractivity contribution in [1.82, 2.24) is 5.32 Å². The Morgan fingerprint density at radius 2 is 2.11 bits per heavy atom. The zero-order valence-corrected chi connectivity index (χ0v) is 8.79. The third kappa shape index (κ3) is 4.08. The molecule has 0 aromatic carbocycles. The lowest BCUT2D eigenvalue weighted by molar-refractivity contribution is 0.902. The van der Waals surface area contributed by atoms with Crippen LogP contribution in [-0.4, -0.2) is 6.54 Å². The Hall–Kier alpha value is 0.620. The third-order valence-corrected chi connectivity index (χ3v) is 2.92. The van der Waals surface area contributed by atoms with E-state index in [0.717, 1.165) is 17.9 Å². The quantitative estimate of drug-likeness (QED) is 0.450. The summed E-state index contributed by atoms with van der Waals surface area (Å²) >= 11 is 6.53. The molecule has 0 spiro atoms. The lowest BCUT2D eigenvalue weighted by atomic mass is 10.4. The maximum atomic E-state index is 4.27. The minimum atomic E-state index is 0.975. The Labute approximate surface area is 75.8 Å². The molecule has 0 aromatic rings. The predicted molar refractivity (Wildman–Crippen MR) is 54.0 cm³/mol. The van der Waals surface area contributed by atoms with Crippen molar-refractivity contribution in [3.63, 3.8) is 0 Å². The molecule has 0 fully saturated rings. The van der Waals surface area contributed by atoms with Crippen LogP contribution in [0.3, 0.4) is 0 Å². The first-order valence-corrected chi connectivity index (χ1v) is 4.56. The lowest BCUT2D eigenvalue weighted by Gasteiger charge is -2.02. The van der Waals surface area contributed by atoms with Crippen molar-refractivity contribution in [2.24, 2.45) is 0 Å². The summed E-state index contributed by atoms with van der Waals surface area (Å²) < 4.78 is 1.17. The van der Waals surface area contributed by atoms with Crippen LogP contribution in [0.2, 0.25) is 0 Å². The number of hydrogen-bond acceptors (Lipinski definition) is 2. The van der Waals surface area contributed by atoms with Crippen LogP contribution in [0, 0.1) is 0 Å². The highest BCUT2D eigenvalue weighted by atomic mass is 127. The van der Waals surface area contributed by atoms with Gasteiger partial charge in [0, 0.05) is 11.4 Å². The summed E-state index contributed by atoms with van der Waals surface area (Å²) in [6, 6.07) is 0. The molecule has 9 heavy (non-hydrogen) atoms. The Morgan fingerprint density at radius 3 is 2.44 bits per heavy atom.